The van der Waals surface area contributed by atoms with Gasteiger partial charge in [0.25, 0.3) is 6.47 Å². The molecule has 214 valence electrons. The molecule has 0 saturated carbocycles. The van der Waals surface area contributed by atoms with Crippen LogP contribution in [0.1, 0.15) is 47.2 Å². The summed E-state index contributed by atoms with van der Waals surface area (Å²) in [6, 6.07) is 1.67. The first kappa shape index (κ1) is 30.4. The third kappa shape index (κ3) is 7.08. The second-order valence-electron chi connectivity index (χ2n) is 8.84. The molecular weight excluding hydrogens is 571 g/mol. The summed E-state index contributed by atoms with van der Waals surface area (Å²) < 4.78 is 125. The summed E-state index contributed by atoms with van der Waals surface area (Å²) in [7, 11) is 0. The molecule has 3 rings (SSSR count). The van der Waals surface area contributed by atoms with Crippen molar-refractivity contribution in [2.24, 2.45) is 0 Å². The summed E-state index contributed by atoms with van der Waals surface area (Å²) in [5, 5.41) is -1.29. The fraction of sp³-hybridized carbons (Fsp3) is 0.417. The molecule has 1 heterocycles. The fourth-order valence-electron chi connectivity index (χ4n) is 4.45. The highest BCUT2D eigenvalue weighted by Crippen LogP contribution is 2.43. The van der Waals surface area contributed by atoms with E-state index in [0.717, 1.165) is 23.1 Å². The molecule has 2 aromatic rings. The van der Waals surface area contributed by atoms with E-state index in [-0.39, 0.29) is 43.4 Å². The van der Waals surface area contributed by atoms with E-state index in [0.29, 0.717) is 12.1 Å². The number of carbonyl (C=O) groups excluding carboxylic acids is 2. The maximum atomic E-state index is 13.5. The normalized spacial score (nSPS) is 16.9. The SMILES string of the molecule is CC(COC=O)N1CCC(N(Cc2cc(C(F)(F)F)cc(C(F)(F)F)c2)C(=O)Cl)c2cc(C(F)(F)F)ccc21. The molecule has 39 heavy (non-hydrogen) atoms. The molecule has 0 bridgehead atoms. The lowest BCUT2D eigenvalue weighted by atomic mass is 9.91. The Morgan fingerprint density at radius 1 is 1.00 bits per heavy atom. The molecule has 0 radical (unpaired) electrons. The van der Waals surface area contributed by atoms with Crippen LogP contribution in [0.25, 0.3) is 0 Å². The van der Waals surface area contributed by atoms with Gasteiger partial charge in [-0.05, 0) is 72.5 Å². The lowest BCUT2D eigenvalue weighted by molar-refractivity contribution is -0.143. The minimum atomic E-state index is -5.15. The van der Waals surface area contributed by atoms with Crippen molar-refractivity contribution in [3.05, 3.63) is 64.2 Å². The highest BCUT2D eigenvalue weighted by molar-refractivity contribution is 6.62. The van der Waals surface area contributed by atoms with Crippen LogP contribution >= 0.6 is 11.6 Å². The lowest BCUT2D eigenvalue weighted by Gasteiger charge is -2.42. The highest BCUT2D eigenvalue weighted by atomic mass is 35.5. The van der Waals surface area contributed by atoms with E-state index in [2.05, 4.69) is 0 Å². The topological polar surface area (TPSA) is 49.9 Å². The van der Waals surface area contributed by atoms with Gasteiger partial charge in [0.1, 0.15) is 6.61 Å². The number of alkyl halides is 9. The summed E-state index contributed by atoms with van der Waals surface area (Å²) in [6.07, 6.45) is -15.2. The molecule has 2 atom stereocenters. The van der Waals surface area contributed by atoms with E-state index >= 15 is 0 Å². The van der Waals surface area contributed by atoms with Crippen LogP contribution in [-0.4, -0.2) is 35.9 Å². The molecule has 15 heteroatoms. The van der Waals surface area contributed by atoms with Gasteiger partial charge in [-0.25, -0.2) is 0 Å². The molecule has 0 fully saturated rings. The van der Waals surface area contributed by atoms with Crippen molar-refractivity contribution >= 4 is 29.1 Å². The number of anilines is 1. The van der Waals surface area contributed by atoms with Crippen LogP contribution in [0.4, 0.5) is 50.0 Å². The van der Waals surface area contributed by atoms with Gasteiger partial charge < -0.3 is 14.5 Å². The van der Waals surface area contributed by atoms with Crippen LogP contribution < -0.4 is 4.90 Å². The minimum absolute atomic E-state index is 0.0777. The van der Waals surface area contributed by atoms with Gasteiger partial charge in [-0.15, -0.1) is 0 Å². The van der Waals surface area contributed by atoms with Crippen LogP contribution in [-0.2, 0) is 34.6 Å². The van der Waals surface area contributed by atoms with Crippen molar-refractivity contribution in [3.8, 4) is 0 Å². The number of amides is 1. The number of fused-ring (bicyclic) bond motifs is 1. The molecule has 5 nitrogen and oxygen atoms in total. The molecule has 0 spiro atoms. The van der Waals surface area contributed by atoms with E-state index in [4.69, 9.17) is 16.3 Å². The molecule has 0 aliphatic carbocycles. The van der Waals surface area contributed by atoms with Gasteiger partial charge in [0.15, 0.2) is 0 Å². The predicted molar refractivity (Wildman–Crippen MR) is 121 cm³/mol. The van der Waals surface area contributed by atoms with Crippen LogP contribution in [0.15, 0.2) is 36.4 Å². The highest BCUT2D eigenvalue weighted by Gasteiger charge is 2.40. The second-order valence-corrected chi connectivity index (χ2v) is 9.17. The van der Waals surface area contributed by atoms with Crippen LogP contribution in [0.5, 0.6) is 0 Å². The smallest absolute Gasteiger partial charge is 0.416 e. The maximum Gasteiger partial charge on any atom is 0.416 e. The molecule has 0 saturated heterocycles. The van der Waals surface area contributed by atoms with Gasteiger partial charge in [-0.2, -0.15) is 39.5 Å². The molecular formula is C24H20ClF9N2O3. The minimum Gasteiger partial charge on any atom is -0.466 e. The Kier molecular flexibility index (Phi) is 8.68. The zero-order chi connectivity index (χ0) is 29.3. The van der Waals surface area contributed by atoms with E-state index in [1.807, 2.05) is 0 Å². The number of hydrogen-bond acceptors (Lipinski definition) is 4. The molecule has 0 aromatic heterocycles. The zero-order valence-corrected chi connectivity index (χ0v) is 20.7. The monoisotopic (exact) mass is 590 g/mol. The third-order valence-electron chi connectivity index (χ3n) is 6.21. The van der Waals surface area contributed by atoms with E-state index in [1.54, 1.807) is 11.8 Å². The Hall–Kier alpha value is -3.16. The van der Waals surface area contributed by atoms with Gasteiger partial charge in [-0.3, -0.25) is 9.59 Å². The Bertz CT molecular complexity index is 1180. The van der Waals surface area contributed by atoms with Crippen molar-refractivity contribution in [1.29, 1.82) is 0 Å². The van der Waals surface area contributed by atoms with Crippen molar-refractivity contribution in [2.45, 2.75) is 50.5 Å². The van der Waals surface area contributed by atoms with Crippen LogP contribution in [0, 0.1) is 0 Å². The van der Waals surface area contributed by atoms with E-state index in [1.165, 1.54) is 0 Å². The first-order chi connectivity index (χ1) is 17.9. The van der Waals surface area contributed by atoms with Crippen LogP contribution in [0.2, 0.25) is 0 Å². The average molecular weight is 591 g/mol. The van der Waals surface area contributed by atoms with Crippen molar-refractivity contribution in [2.75, 3.05) is 18.1 Å². The Balaban J connectivity index is 2.10. The Morgan fingerprint density at radius 3 is 2.05 bits per heavy atom. The Labute approximate surface area is 221 Å². The summed E-state index contributed by atoms with van der Waals surface area (Å²) in [5.74, 6) is 0. The van der Waals surface area contributed by atoms with Crippen LogP contribution in [0.3, 0.4) is 0 Å². The number of nitrogens with zero attached hydrogens (tertiary/aromatic N) is 2. The number of carbonyl (C=O) groups is 2. The zero-order valence-electron chi connectivity index (χ0n) is 19.9. The van der Waals surface area contributed by atoms with Gasteiger partial charge >= 0.3 is 23.9 Å². The number of benzene rings is 2. The quantitative estimate of drug-likeness (QED) is 0.146. The van der Waals surface area contributed by atoms with Gasteiger partial charge in [0, 0.05) is 18.8 Å². The number of ether oxygens (including phenoxy) is 1. The summed E-state index contributed by atoms with van der Waals surface area (Å²) in [5.41, 5.74) is -4.78. The average Bonchev–Trinajstić information content (AvgIpc) is 2.83. The van der Waals surface area contributed by atoms with Crippen molar-refractivity contribution in [1.82, 2.24) is 4.90 Å². The lowest BCUT2D eigenvalue weighted by Crippen LogP contribution is -2.44. The fourth-order valence-corrected chi connectivity index (χ4v) is 4.63. The van der Waals surface area contributed by atoms with Crippen molar-refractivity contribution < 1.29 is 53.8 Å². The largest absolute Gasteiger partial charge is 0.466 e. The van der Waals surface area contributed by atoms with Gasteiger partial charge in [0.2, 0.25) is 0 Å². The number of rotatable bonds is 7. The first-order valence-corrected chi connectivity index (χ1v) is 11.6. The number of halogens is 10. The predicted octanol–water partition coefficient (Wildman–Crippen LogP) is 7.42. The summed E-state index contributed by atoms with van der Waals surface area (Å²) in [6.45, 7) is 0.923. The molecule has 1 aliphatic heterocycles. The molecule has 1 amide bonds. The Morgan fingerprint density at radius 2 is 1.56 bits per heavy atom. The molecule has 0 N–H and O–H groups in total. The van der Waals surface area contributed by atoms with E-state index < -0.39 is 64.8 Å². The molecule has 1 aliphatic rings. The van der Waals surface area contributed by atoms with Gasteiger partial charge in [-0.1, -0.05) is 0 Å². The van der Waals surface area contributed by atoms with E-state index in [9.17, 15) is 49.1 Å². The maximum absolute atomic E-state index is 13.5. The summed E-state index contributed by atoms with van der Waals surface area (Å²) >= 11 is 5.70. The third-order valence-corrected chi connectivity index (χ3v) is 6.42. The summed E-state index contributed by atoms with van der Waals surface area (Å²) in [4.78, 5) is 25.3. The first-order valence-electron chi connectivity index (χ1n) is 11.2. The number of hydrogen-bond donors (Lipinski definition) is 0. The standard InChI is InChI=1S/C24H20ClF9N2O3/c1-13(11-39-12-37)35-5-4-20(18-9-15(22(26,27)28)2-3-19(18)35)36(21(25)38)10-14-6-16(23(29,30)31)8-17(7-14)24(32,33)34/h2-3,6-9,12-13,20H,4-5,10-11H2,1H3. The molecule has 2 aromatic carbocycles. The second kappa shape index (κ2) is 11.1. The molecule has 2 unspecified atom stereocenters. The van der Waals surface area contributed by atoms with Gasteiger partial charge in [0.05, 0.1) is 28.8 Å². The van der Waals surface area contributed by atoms with Crippen molar-refractivity contribution in [3.63, 3.8) is 0 Å².